The van der Waals surface area contributed by atoms with Crippen molar-refractivity contribution < 1.29 is 19.5 Å². The highest BCUT2D eigenvalue weighted by atomic mass is 16.4. The Morgan fingerprint density at radius 3 is 2.56 bits per heavy atom. The van der Waals surface area contributed by atoms with Crippen LogP contribution in [-0.4, -0.2) is 47.5 Å². The summed E-state index contributed by atoms with van der Waals surface area (Å²) in [5.41, 5.74) is 4.91. The third kappa shape index (κ3) is 6.32. The highest BCUT2D eigenvalue weighted by Crippen LogP contribution is 1.99. The zero-order chi connectivity index (χ0) is 14.1. The average Bonchev–Trinajstić information content (AvgIpc) is 2.30. The molecule has 0 aliphatic heterocycles. The lowest BCUT2D eigenvalue weighted by Gasteiger charge is -2.20. The van der Waals surface area contributed by atoms with Crippen molar-refractivity contribution in [1.29, 1.82) is 5.26 Å². The number of nitriles is 1. The SMILES string of the molecule is CN(CCC#N)C(=O)N[C@H](CCC(N)=O)C(=O)O. The highest BCUT2D eigenvalue weighted by molar-refractivity contribution is 5.83. The van der Waals surface area contributed by atoms with Crippen molar-refractivity contribution in [1.82, 2.24) is 10.2 Å². The van der Waals surface area contributed by atoms with E-state index in [1.807, 2.05) is 6.07 Å². The second kappa shape index (κ2) is 7.89. The van der Waals surface area contributed by atoms with Crippen LogP contribution in [0.25, 0.3) is 0 Å². The summed E-state index contributed by atoms with van der Waals surface area (Å²) in [7, 11) is 1.44. The topological polar surface area (TPSA) is 137 Å². The van der Waals surface area contributed by atoms with Gasteiger partial charge in [0.05, 0.1) is 12.5 Å². The van der Waals surface area contributed by atoms with Gasteiger partial charge in [-0.15, -0.1) is 0 Å². The molecule has 0 heterocycles. The van der Waals surface area contributed by atoms with Gasteiger partial charge in [0.2, 0.25) is 5.91 Å². The lowest BCUT2D eigenvalue weighted by Crippen LogP contribution is -2.47. The third-order valence-electron chi connectivity index (χ3n) is 2.18. The van der Waals surface area contributed by atoms with E-state index in [-0.39, 0.29) is 25.8 Å². The number of hydrogen-bond donors (Lipinski definition) is 3. The van der Waals surface area contributed by atoms with E-state index in [0.717, 1.165) is 0 Å². The molecule has 0 fully saturated rings. The number of amides is 3. The molecule has 0 unspecified atom stereocenters. The molecule has 18 heavy (non-hydrogen) atoms. The van der Waals surface area contributed by atoms with E-state index in [2.05, 4.69) is 5.32 Å². The van der Waals surface area contributed by atoms with E-state index < -0.39 is 23.9 Å². The van der Waals surface area contributed by atoms with Crippen molar-refractivity contribution in [3.63, 3.8) is 0 Å². The smallest absolute Gasteiger partial charge is 0.326 e. The van der Waals surface area contributed by atoms with Gasteiger partial charge >= 0.3 is 12.0 Å². The molecule has 0 aromatic rings. The monoisotopic (exact) mass is 256 g/mol. The summed E-state index contributed by atoms with van der Waals surface area (Å²) in [5.74, 6) is -1.87. The molecule has 0 saturated heterocycles. The first kappa shape index (κ1) is 15.7. The summed E-state index contributed by atoms with van der Waals surface area (Å²) < 4.78 is 0. The predicted octanol–water partition coefficient (Wildman–Crippen LogP) is -0.740. The standard InChI is InChI=1S/C10H16N4O4/c1-14(6-2-5-11)10(18)13-7(9(16)17)3-4-8(12)15/h7H,2-4,6H2,1H3,(H2,12,15)(H,13,18)(H,16,17)/t7-/m1/s1. The Morgan fingerprint density at radius 2 is 2.11 bits per heavy atom. The zero-order valence-electron chi connectivity index (χ0n) is 10.0. The number of urea groups is 1. The maximum Gasteiger partial charge on any atom is 0.326 e. The molecular formula is C10H16N4O4. The summed E-state index contributed by atoms with van der Waals surface area (Å²) in [6.07, 6.45) is -0.0371. The van der Waals surface area contributed by atoms with Gasteiger partial charge in [0.15, 0.2) is 0 Å². The van der Waals surface area contributed by atoms with Gasteiger partial charge in [-0.2, -0.15) is 5.26 Å². The first-order chi connectivity index (χ1) is 8.38. The van der Waals surface area contributed by atoms with Crippen LogP contribution in [0.4, 0.5) is 4.79 Å². The van der Waals surface area contributed by atoms with Crippen LogP contribution in [0.1, 0.15) is 19.3 Å². The Labute approximate surface area is 104 Å². The van der Waals surface area contributed by atoms with Crippen LogP contribution in [-0.2, 0) is 9.59 Å². The first-order valence-electron chi connectivity index (χ1n) is 5.28. The van der Waals surface area contributed by atoms with Crippen molar-refractivity contribution in [2.45, 2.75) is 25.3 Å². The fourth-order valence-corrected chi connectivity index (χ4v) is 1.12. The number of primary amides is 1. The van der Waals surface area contributed by atoms with Gasteiger partial charge in [0, 0.05) is 20.0 Å². The van der Waals surface area contributed by atoms with Gasteiger partial charge in [0.1, 0.15) is 6.04 Å². The molecule has 0 saturated carbocycles. The molecule has 0 aliphatic rings. The molecule has 3 amide bonds. The fourth-order valence-electron chi connectivity index (χ4n) is 1.12. The summed E-state index contributed by atoms with van der Waals surface area (Å²) in [5, 5.41) is 19.5. The summed E-state index contributed by atoms with van der Waals surface area (Å²) in [6, 6.07) is 0.0896. The van der Waals surface area contributed by atoms with Crippen molar-refractivity contribution in [3.05, 3.63) is 0 Å². The number of rotatable bonds is 7. The second-order valence-electron chi connectivity index (χ2n) is 3.67. The first-order valence-corrected chi connectivity index (χ1v) is 5.28. The van der Waals surface area contributed by atoms with Gasteiger partial charge in [-0.3, -0.25) is 4.79 Å². The zero-order valence-corrected chi connectivity index (χ0v) is 10.0. The van der Waals surface area contributed by atoms with E-state index in [0.29, 0.717) is 0 Å². The van der Waals surface area contributed by atoms with Crippen LogP contribution >= 0.6 is 0 Å². The van der Waals surface area contributed by atoms with Crippen molar-refractivity contribution >= 4 is 17.9 Å². The maximum absolute atomic E-state index is 11.5. The number of hydrogen-bond acceptors (Lipinski definition) is 4. The molecule has 0 radical (unpaired) electrons. The molecular weight excluding hydrogens is 240 g/mol. The number of aliphatic carboxylic acids is 1. The van der Waals surface area contributed by atoms with Gasteiger partial charge in [-0.25, -0.2) is 9.59 Å². The quantitative estimate of drug-likeness (QED) is 0.551. The lowest BCUT2D eigenvalue weighted by atomic mass is 10.1. The minimum absolute atomic E-state index is 0.0670. The number of nitrogens with two attached hydrogens (primary N) is 1. The molecule has 100 valence electrons. The Bertz CT molecular complexity index is 363. The summed E-state index contributed by atoms with van der Waals surface area (Å²) >= 11 is 0. The molecule has 0 aromatic heterocycles. The Hall–Kier alpha value is -2.30. The maximum atomic E-state index is 11.5. The van der Waals surface area contributed by atoms with E-state index >= 15 is 0 Å². The van der Waals surface area contributed by atoms with E-state index in [9.17, 15) is 14.4 Å². The largest absolute Gasteiger partial charge is 0.480 e. The molecule has 0 spiro atoms. The normalized spacial score (nSPS) is 11.1. The number of carboxylic acids is 1. The molecule has 4 N–H and O–H groups in total. The number of nitrogens with one attached hydrogen (secondary N) is 1. The molecule has 8 nitrogen and oxygen atoms in total. The Kier molecular flexibility index (Phi) is 6.88. The second-order valence-corrected chi connectivity index (χ2v) is 3.67. The van der Waals surface area contributed by atoms with Gasteiger partial charge in [-0.1, -0.05) is 0 Å². The fraction of sp³-hybridized carbons (Fsp3) is 0.600. The highest BCUT2D eigenvalue weighted by Gasteiger charge is 2.21. The minimum atomic E-state index is -1.24. The van der Waals surface area contributed by atoms with E-state index in [4.69, 9.17) is 16.1 Å². The van der Waals surface area contributed by atoms with Gasteiger partial charge < -0.3 is 21.1 Å². The molecule has 0 rings (SSSR count). The van der Waals surface area contributed by atoms with E-state index in [1.54, 1.807) is 0 Å². The molecule has 0 aliphatic carbocycles. The predicted molar refractivity (Wildman–Crippen MR) is 61.2 cm³/mol. The van der Waals surface area contributed by atoms with Crippen LogP contribution in [0.2, 0.25) is 0 Å². The minimum Gasteiger partial charge on any atom is -0.480 e. The van der Waals surface area contributed by atoms with Gasteiger partial charge in [0.25, 0.3) is 0 Å². The molecule has 8 heteroatoms. The molecule has 0 aromatic carbocycles. The molecule has 1 atom stereocenters. The van der Waals surface area contributed by atoms with Crippen LogP contribution in [0, 0.1) is 11.3 Å². The van der Waals surface area contributed by atoms with Crippen molar-refractivity contribution in [3.8, 4) is 6.07 Å². The number of carbonyl (C=O) groups excluding carboxylic acids is 2. The summed E-state index contributed by atoms with van der Waals surface area (Å²) in [6.45, 7) is 0.199. The van der Waals surface area contributed by atoms with Gasteiger partial charge in [-0.05, 0) is 6.42 Å². The van der Waals surface area contributed by atoms with E-state index in [1.165, 1.54) is 11.9 Å². The number of nitrogens with zero attached hydrogens (tertiary/aromatic N) is 2. The van der Waals surface area contributed by atoms with Crippen LogP contribution in [0.15, 0.2) is 0 Å². The summed E-state index contributed by atoms with van der Waals surface area (Å²) in [4.78, 5) is 34.1. The van der Waals surface area contributed by atoms with Crippen LogP contribution in [0.3, 0.4) is 0 Å². The lowest BCUT2D eigenvalue weighted by molar-refractivity contribution is -0.139. The Morgan fingerprint density at radius 1 is 1.50 bits per heavy atom. The third-order valence-corrected chi connectivity index (χ3v) is 2.18. The van der Waals surface area contributed by atoms with Crippen molar-refractivity contribution in [2.24, 2.45) is 5.73 Å². The van der Waals surface area contributed by atoms with Crippen molar-refractivity contribution in [2.75, 3.05) is 13.6 Å². The molecule has 0 bridgehead atoms. The Balaban J connectivity index is 4.31. The number of carboxylic acid groups (broad SMARTS) is 1. The number of carbonyl (C=O) groups is 3. The van der Waals surface area contributed by atoms with Crippen LogP contribution in [0.5, 0.6) is 0 Å². The average molecular weight is 256 g/mol. The van der Waals surface area contributed by atoms with Crippen LogP contribution < -0.4 is 11.1 Å².